The normalized spacial score (nSPS) is 14.7. The minimum Gasteiger partial charge on any atom is -0.394 e. The van der Waals surface area contributed by atoms with Gasteiger partial charge in [-0.05, 0) is 49.9 Å². The van der Waals surface area contributed by atoms with Crippen molar-refractivity contribution in [1.29, 1.82) is 0 Å². The highest BCUT2D eigenvalue weighted by atomic mass is 19.1. The van der Waals surface area contributed by atoms with Gasteiger partial charge in [0.1, 0.15) is 5.82 Å². The van der Waals surface area contributed by atoms with Crippen molar-refractivity contribution in [2.45, 2.75) is 52.1 Å². The zero-order valence-corrected chi connectivity index (χ0v) is 15.7. The van der Waals surface area contributed by atoms with E-state index in [9.17, 15) is 14.0 Å². The fourth-order valence-corrected chi connectivity index (χ4v) is 3.72. The van der Waals surface area contributed by atoms with Gasteiger partial charge in [0.15, 0.2) is 5.78 Å². The first-order valence-corrected chi connectivity index (χ1v) is 9.29. The molecule has 1 aromatic carbocycles. The predicted octanol–water partition coefficient (Wildman–Crippen LogP) is 2.54. The average molecular weight is 372 g/mol. The maximum Gasteiger partial charge on any atom is 0.224 e. The Morgan fingerprint density at radius 1 is 1.30 bits per heavy atom. The number of carbonyl (C=O) groups excluding carboxylic acids is 2. The van der Waals surface area contributed by atoms with E-state index in [1.807, 2.05) is 6.92 Å². The Kier molecular flexibility index (Phi) is 5.75. The SMILES string of the molecule is Cc1c(CC(=O)N[C@H](C)CO)c2c(n1Cc1ccc(F)cc1)CCCC2=O. The predicted molar refractivity (Wildman–Crippen MR) is 100 cm³/mol. The van der Waals surface area contributed by atoms with Crippen LogP contribution in [0.1, 0.15) is 52.6 Å². The van der Waals surface area contributed by atoms with Crippen molar-refractivity contribution in [3.8, 4) is 0 Å². The van der Waals surface area contributed by atoms with Crippen LogP contribution in [0.5, 0.6) is 0 Å². The molecule has 0 bridgehead atoms. The number of aromatic nitrogens is 1. The summed E-state index contributed by atoms with van der Waals surface area (Å²) in [5.74, 6) is -0.412. The van der Waals surface area contributed by atoms with Crippen LogP contribution >= 0.6 is 0 Å². The summed E-state index contributed by atoms with van der Waals surface area (Å²) in [7, 11) is 0. The van der Waals surface area contributed by atoms with Gasteiger partial charge in [-0.15, -0.1) is 0 Å². The third-order valence-corrected chi connectivity index (χ3v) is 5.13. The van der Waals surface area contributed by atoms with Crippen LogP contribution in [-0.4, -0.2) is 34.0 Å². The van der Waals surface area contributed by atoms with Gasteiger partial charge in [-0.25, -0.2) is 4.39 Å². The number of aliphatic hydroxyl groups excluding tert-OH is 1. The molecule has 0 saturated carbocycles. The maximum absolute atomic E-state index is 13.2. The first-order valence-electron chi connectivity index (χ1n) is 9.29. The summed E-state index contributed by atoms with van der Waals surface area (Å²) in [5.41, 5.74) is 4.24. The van der Waals surface area contributed by atoms with Crippen molar-refractivity contribution in [3.05, 3.63) is 58.2 Å². The topological polar surface area (TPSA) is 71.3 Å². The molecule has 6 heteroatoms. The number of carbonyl (C=O) groups is 2. The monoisotopic (exact) mass is 372 g/mol. The lowest BCUT2D eigenvalue weighted by Gasteiger charge is -2.16. The van der Waals surface area contributed by atoms with Gasteiger partial charge < -0.3 is 15.0 Å². The van der Waals surface area contributed by atoms with Gasteiger partial charge in [0.2, 0.25) is 5.91 Å². The number of nitrogens with zero attached hydrogens (tertiary/aromatic N) is 1. The number of aliphatic hydroxyl groups is 1. The molecular formula is C21H25FN2O3. The smallest absolute Gasteiger partial charge is 0.224 e. The first kappa shape index (κ1) is 19.3. The molecule has 1 aliphatic rings. The van der Waals surface area contributed by atoms with Gasteiger partial charge in [0.25, 0.3) is 0 Å². The van der Waals surface area contributed by atoms with Crippen molar-refractivity contribution < 1.29 is 19.1 Å². The molecule has 144 valence electrons. The van der Waals surface area contributed by atoms with Crippen LogP contribution in [-0.2, 0) is 24.2 Å². The lowest BCUT2D eigenvalue weighted by atomic mass is 9.92. The Bertz CT molecular complexity index is 855. The second-order valence-corrected chi connectivity index (χ2v) is 7.20. The molecule has 2 aromatic rings. The zero-order valence-electron chi connectivity index (χ0n) is 15.7. The van der Waals surface area contributed by atoms with E-state index in [1.54, 1.807) is 19.1 Å². The molecular weight excluding hydrogens is 347 g/mol. The molecule has 0 spiro atoms. The van der Waals surface area contributed by atoms with E-state index in [1.165, 1.54) is 12.1 Å². The highest BCUT2D eigenvalue weighted by Gasteiger charge is 2.29. The molecule has 1 atom stereocenters. The lowest BCUT2D eigenvalue weighted by molar-refractivity contribution is -0.121. The van der Waals surface area contributed by atoms with Crippen LogP contribution in [0.3, 0.4) is 0 Å². The van der Waals surface area contributed by atoms with E-state index in [0.29, 0.717) is 18.5 Å². The van der Waals surface area contributed by atoms with Crippen molar-refractivity contribution in [1.82, 2.24) is 9.88 Å². The van der Waals surface area contributed by atoms with Crippen LogP contribution < -0.4 is 5.32 Å². The minimum atomic E-state index is -0.328. The van der Waals surface area contributed by atoms with Crippen molar-refractivity contribution >= 4 is 11.7 Å². The molecule has 1 amide bonds. The Morgan fingerprint density at radius 2 is 2.00 bits per heavy atom. The van der Waals surface area contributed by atoms with E-state index in [4.69, 9.17) is 5.11 Å². The van der Waals surface area contributed by atoms with Gasteiger partial charge in [0.05, 0.1) is 13.0 Å². The zero-order chi connectivity index (χ0) is 19.6. The van der Waals surface area contributed by atoms with Crippen LogP contribution in [0.15, 0.2) is 24.3 Å². The lowest BCUT2D eigenvalue weighted by Crippen LogP contribution is -2.36. The van der Waals surface area contributed by atoms with Gasteiger partial charge in [-0.3, -0.25) is 9.59 Å². The molecule has 3 rings (SSSR count). The summed E-state index contributed by atoms with van der Waals surface area (Å²) >= 11 is 0. The van der Waals surface area contributed by atoms with Crippen molar-refractivity contribution in [2.75, 3.05) is 6.61 Å². The number of ketones is 1. The Labute approximate surface area is 158 Å². The first-order chi connectivity index (χ1) is 12.9. The van der Waals surface area contributed by atoms with Crippen molar-refractivity contribution in [3.63, 3.8) is 0 Å². The van der Waals surface area contributed by atoms with E-state index < -0.39 is 0 Å². The quantitative estimate of drug-likeness (QED) is 0.819. The van der Waals surface area contributed by atoms with Crippen molar-refractivity contribution in [2.24, 2.45) is 0 Å². The Balaban J connectivity index is 1.96. The number of hydrogen-bond donors (Lipinski definition) is 2. The number of nitrogens with one attached hydrogen (secondary N) is 1. The standard InChI is InChI=1S/C21H25FN2O3/c1-13(12-25)23-20(27)10-17-14(2)24(11-15-6-8-16(22)9-7-15)18-4-3-5-19(26)21(17)18/h6-9,13,25H,3-5,10-12H2,1-2H3,(H,23,27)/t13-/m1/s1. The third kappa shape index (κ3) is 4.11. The summed E-state index contributed by atoms with van der Waals surface area (Å²) < 4.78 is 15.3. The molecule has 1 aromatic heterocycles. The molecule has 0 radical (unpaired) electrons. The fraction of sp³-hybridized carbons (Fsp3) is 0.429. The summed E-state index contributed by atoms with van der Waals surface area (Å²) in [6.45, 7) is 4.06. The molecule has 0 saturated heterocycles. The van der Waals surface area contributed by atoms with Crippen LogP contribution in [0.25, 0.3) is 0 Å². The number of rotatable bonds is 6. The summed E-state index contributed by atoms with van der Waals surface area (Å²) in [5, 5.41) is 11.9. The second kappa shape index (κ2) is 8.05. The van der Waals surface area contributed by atoms with Gasteiger partial charge in [0, 0.05) is 36.0 Å². The van der Waals surface area contributed by atoms with E-state index in [0.717, 1.165) is 35.4 Å². The molecule has 0 aliphatic heterocycles. The maximum atomic E-state index is 13.2. The number of Topliss-reactive ketones (excluding diaryl/α,β-unsaturated/α-hetero) is 1. The Hall–Kier alpha value is -2.47. The molecule has 27 heavy (non-hydrogen) atoms. The molecule has 0 unspecified atom stereocenters. The number of amides is 1. The molecule has 1 aliphatic carbocycles. The van der Waals surface area contributed by atoms with Gasteiger partial charge in [-0.1, -0.05) is 12.1 Å². The third-order valence-electron chi connectivity index (χ3n) is 5.13. The molecule has 0 fully saturated rings. The van der Waals surface area contributed by atoms with Crippen LogP contribution in [0.4, 0.5) is 4.39 Å². The highest BCUT2D eigenvalue weighted by molar-refractivity contribution is 6.01. The fourth-order valence-electron chi connectivity index (χ4n) is 3.72. The van der Waals surface area contributed by atoms with Gasteiger partial charge >= 0.3 is 0 Å². The van der Waals surface area contributed by atoms with E-state index in [2.05, 4.69) is 9.88 Å². The second-order valence-electron chi connectivity index (χ2n) is 7.20. The number of hydrogen-bond acceptors (Lipinski definition) is 3. The molecule has 5 nitrogen and oxygen atoms in total. The van der Waals surface area contributed by atoms with E-state index >= 15 is 0 Å². The Morgan fingerprint density at radius 3 is 2.67 bits per heavy atom. The highest BCUT2D eigenvalue weighted by Crippen LogP contribution is 2.31. The number of halogens is 1. The summed E-state index contributed by atoms with van der Waals surface area (Å²) in [6, 6.07) is 6.00. The molecule has 2 N–H and O–H groups in total. The average Bonchev–Trinajstić information content (AvgIpc) is 2.90. The number of benzene rings is 1. The summed E-state index contributed by atoms with van der Waals surface area (Å²) in [6.07, 6.45) is 2.19. The number of fused-ring (bicyclic) bond motifs is 1. The summed E-state index contributed by atoms with van der Waals surface area (Å²) in [4.78, 5) is 24.9. The minimum absolute atomic E-state index is 0.0789. The van der Waals surface area contributed by atoms with Crippen LogP contribution in [0, 0.1) is 12.7 Å². The molecule has 1 heterocycles. The van der Waals surface area contributed by atoms with Gasteiger partial charge in [-0.2, -0.15) is 0 Å². The van der Waals surface area contributed by atoms with Crippen LogP contribution in [0.2, 0.25) is 0 Å². The van der Waals surface area contributed by atoms with E-state index in [-0.39, 0.29) is 36.6 Å². The largest absolute Gasteiger partial charge is 0.394 e.